The first-order chi connectivity index (χ1) is 9.26. The molecule has 1 aliphatic carbocycles. The monoisotopic (exact) mass is 265 g/mol. The summed E-state index contributed by atoms with van der Waals surface area (Å²) < 4.78 is 0. The maximum atomic E-state index is 12.5. The second kappa shape index (κ2) is 7.06. The molecule has 1 aliphatic heterocycles. The van der Waals surface area contributed by atoms with E-state index in [4.69, 9.17) is 5.73 Å². The zero-order chi connectivity index (χ0) is 13.7. The average molecular weight is 265 g/mol. The lowest BCUT2D eigenvalue weighted by atomic mass is 10.0. The van der Waals surface area contributed by atoms with Crippen molar-refractivity contribution in [3.05, 3.63) is 11.8 Å². The fourth-order valence-corrected chi connectivity index (χ4v) is 3.23. The molecular formula is C15H27N3O. The lowest BCUT2D eigenvalue weighted by Gasteiger charge is -2.36. The minimum atomic E-state index is 0.246. The maximum absolute atomic E-state index is 12.5. The fourth-order valence-electron chi connectivity index (χ4n) is 3.23. The maximum Gasteiger partial charge on any atom is 0.240 e. The van der Waals surface area contributed by atoms with Gasteiger partial charge in [-0.15, -0.1) is 0 Å². The SMILES string of the molecule is CCN(C(=O)CN1CCCCC1CN)C1=CCCC1. The van der Waals surface area contributed by atoms with Crippen molar-refractivity contribution in [1.82, 2.24) is 9.80 Å². The molecule has 0 aromatic heterocycles. The zero-order valence-electron chi connectivity index (χ0n) is 12.1. The molecule has 1 atom stereocenters. The predicted molar refractivity (Wildman–Crippen MR) is 77.6 cm³/mol. The number of likely N-dealkylation sites (N-methyl/N-ethyl adjacent to an activating group) is 1. The second-order valence-electron chi connectivity index (χ2n) is 5.58. The molecule has 4 nitrogen and oxygen atoms in total. The van der Waals surface area contributed by atoms with Gasteiger partial charge >= 0.3 is 0 Å². The van der Waals surface area contributed by atoms with E-state index in [1.165, 1.54) is 25.0 Å². The van der Waals surface area contributed by atoms with Gasteiger partial charge in [-0.1, -0.05) is 12.5 Å². The van der Waals surface area contributed by atoms with Crippen LogP contribution in [0, 0.1) is 0 Å². The number of likely N-dealkylation sites (tertiary alicyclic amines) is 1. The van der Waals surface area contributed by atoms with Crippen LogP contribution in [0.5, 0.6) is 0 Å². The standard InChI is InChI=1S/C15H27N3O/c1-2-18(13-7-3-4-8-13)15(19)12-17-10-6-5-9-14(17)11-16/h7,14H,2-6,8-12,16H2,1H3. The minimum Gasteiger partial charge on any atom is -0.329 e. The Labute approximate surface area is 116 Å². The topological polar surface area (TPSA) is 49.6 Å². The van der Waals surface area contributed by atoms with E-state index in [0.717, 1.165) is 32.4 Å². The molecule has 0 bridgehead atoms. The molecule has 0 aromatic rings. The Morgan fingerprint density at radius 3 is 2.95 bits per heavy atom. The Balaban J connectivity index is 1.94. The lowest BCUT2D eigenvalue weighted by Crippen LogP contribution is -2.49. The number of hydrogen-bond donors (Lipinski definition) is 1. The first-order valence-electron chi connectivity index (χ1n) is 7.69. The van der Waals surface area contributed by atoms with Crippen LogP contribution in [0.15, 0.2) is 11.8 Å². The smallest absolute Gasteiger partial charge is 0.240 e. The van der Waals surface area contributed by atoms with E-state index in [1.54, 1.807) is 0 Å². The Morgan fingerprint density at radius 2 is 2.32 bits per heavy atom. The van der Waals surface area contributed by atoms with Crippen LogP contribution in [0.4, 0.5) is 0 Å². The number of carbonyl (C=O) groups is 1. The molecule has 1 amide bonds. The van der Waals surface area contributed by atoms with Crippen LogP contribution in [0.3, 0.4) is 0 Å². The Bertz CT molecular complexity index is 340. The van der Waals surface area contributed by atoms with E-state index >= 15 is 0 Å². The second-order valence-corrected chi connectivity index (χ2v) is 5.58. The van der Waals surface area contributed by atoms with Crippen LogP contribution >= 0.6 is 0 Å². The largest absolute Gasteiger partial charge is 0.329 e. The number of nitrogens with two attached hydrogens (primary N) is 1. The van der Waals surface area contributed by atoms with E-state index in [-0.39, 0.29) is 5.91 Å². The number of piperidine rings is 1. The van der Waals surface area contributed by atoms with Gasteiger partial charge in [0.2, 0.25) is 5.91 Å². The summed E-state index contributed by atoms with van der Waals surface area (Å²) in [4.78, 5) is 16.7. The van der Waals surface area contributed by atoms with E-state index in [0.29, 0.717) is 19.1 Å². The number of allylic oxidation sites excluding steroid dienone is 2. The molecule has 2 aliphatic rings. The third-order valence-electron chi connectivity index (χ3n) is 4.34. The highest BCUT2D eigenvalue weighted by atomic mass is 16.2. The summed E-state index contributed by atoms with van der Waals surface area (Å²) in [6.45, 7) is 5.07. The third-order valence-corrected chi connectivity index (χ3v) is 4.34. The quantitative estimate of drug-likeness (QED) is 0.823. The molecule has 19 heavy (non-hydrogen) atoms. The molecule has 2 rings (SSSR count). The van der Waals surface area contributed by atoms with Gasteiger partial charge in [0, 0.05) is 24.8 Å². The van der Waals surface area contributed by atoms with Gasteiger partial charge < -0.3 is 10.6 Å². The van der Waals surface area contributed by atoms with Crippen molar-refractivity contribution < 1.29 is 4.79 Å². The van der Waals surface area contributed by atoms with Gasteiger partial charge in [0.25, 0.3) is 0 Å². The van der Waals surface area contributed by atoms with Crippen LogP contribution in [0.25, 0.3) is 0 Å². The van der Waals surface area contributed by atoms with Gasteiger partial charge in [-0.05, 0) is 45.6 Å². The summed E-state index contributed by atoms with van der Waals surface area (Å²) in [5.41, 5.74) is 7.05. The average Bonchev–Trinajstić information content (AvgIpc) is 2.94. The molecule has 108 valence electrons. The molecule has 4 heteroatoms. The normalized spacial score (nSPS) is 24.3. The number of carbonyl (C=O) groups excluding carboxylic acids is 1. The highest BCUT2D eigenvalue weighted by Gasteiger charge is 2.26. The van der Waals surface area contributed by atoms with Crippen molar-refractivity contribution in [2.45, 2.75) is 51.5 Å². The van der Waals surface area contributed by atoms with Crippen LogP contribution in [-0.4, -0.2) is 47.9 Å². The first kappa shape index (κ1) is 14.5. The first-order valence-corrected chi connectivity index (χ1v) is 7.69. The highest BCUT2D eigenvalue weighted by Crippen LogP contribution is 2.22. The Kier molecular flexibility index (Phi) is 5.40. The van der Waals surface area contributed by atoms with Crippen LogP contribution in [-0.2, 0) is 4.79 Å². The van der Waals surface area contributed by atoms with Crippen LogP contribution < -0.4 is 5.73 Å². The molecule has 0 saturated carbocycles. The number of rotatable bonds is 5. The molecule has 2 N–H and O–H groups in total. The van der Waals surface area contributed by atoms with Crippen molar-refractivity contribution >= 4 is 5.91 Å². The molecule has 0 spiro atoms. The van der Waals surface area contributed by atoms with Gasteiger partial charge in [-0.2, -0.15) is 0 Å². The van der Waals surface area contributed by atoms with Crippen molar-refractivity contribution in [1.29, 1.82) is 0 Å². The number of amides is 1. The molecule has 1 fully saturated rings. The Hall–Kier alpha value is -0.870. The van der Waals surface area contributed by atoms with Crippen molar-refractivity contribution in [3.8, 4) is 0 Å². The molecule has 0 aromatic carbocycles. The summed E-state index contributed by atoms with van der Waals surface area (Å²) in [6.07, 6.45) is 9.16. The van der Waals surface area contributed by atoms with Crippen molar-refractivity contribution in [2.75, 3.05) is 26.2 Å². The number of hydrogen-bond acceptors (Lipinski definition) is 3. The van der Waals surface area contributed by atoms with Crippen molar-refractivity contribution in [3.63, 3.8) is 0 Å². The summed E-state index contributed by atoms with van der Waals surface area (Å²) in [7, 11) is 0. The summed E-state index contributed by atoms with van der Waals surface area (Å²) in [6, 6.07) is 0.397. The van der Waals surface area contributed by atoms with Crippen LogP contribution in [0.1, 0.15) is 45.4 Å². The minimum absolute atomic E-state index is 0.246. The van der Waals surface area contributed by atoms with E-state index < -0.39 is 0 Å². The zero-order valence-corrected chi connectivity index (χ0v) is 12.1. The number of nitrogens with zero attached hydrogens (tertiary/aromatic N) is 2. The molecule has 1 saturated heterocycles. The highest BCUT2D eigenvalue weighted by molar-refractivity contribution is 5.80. The van der Waals surface area contributed by atoms with Crippen LogP contribution in [0.2, 0.25) is 0 Å². The lowest BCUT2D eigenvalue weighted by molar-refractivity contribution is -0.131. The predicted octanol–water partition coefficient (Wildman–Crippen LogP) is 1.72. The summed E-state index contributed by atoms with van der Waals surface area (Å²) >= 11 is 0. The van der Waals surface area contributed by atoms with E-state index in [1.807, 2.05) is 4.90 Å². The fraction of sp³-hybridized carbons (Fsp3) is 0.800. The molecule has 1 heterocycles. The van der Waals surface area contributed by atoms with Gasteiger partial charge in [0.15, 0.2) is 0 Å². The summed E-state index contributed by atoms with van der Waals surface area (Å²) in [5, 5.41) is 0. The molecule has 1 unspecified atom stereocenters. The molecular weight excluding hydrogens is 238 g/mol. The molecule has 0 radical (unpaired) electrons. The van der Waals surface area contributed by atoms with Gasteiger partial charge in [0.1, 0.15) is 0 Å². The van der Waals surface area contributed by atoms with Gasteiger partial charge in [-0.3, -0.25) is 9.69 Å². The summed E-state index contributed by atoms with van der Waals surface area (Å²) in [5.74, 6) is 0.246. The Morgan fingerprint density at radius 1 is 1.47 bits per heavy atom. The van der Waals surface area contributed by atoms with E-state index in [9.17, 15) is 4.79 Å². The van der Waals surface area contributed by atoms with Gasteiger partial charge in [-0.25, -0.2) is 0 Å². The van der Waals surface area contributed by atoms with E-state index in [2.05, 4.69) is 17.9 Å². The van der Waals surface area contributed by atoms with Gasteiger partial charge in [0.05, 0.1) is 6.54 Å². The third kappa shape index (κ3) is 3.57. The van der Waals surface area contributed by atoms with Crippen molar-refractivity contribution in [2.24, 2.45) is 5.73 Å².